The van der Waals surface area contributed by atoms with Gasteiger partial charge in [0.15, 0.2) is 0 Å². The molecular weight excluding hydrogens is 286 g/mol. The van der Waals surface area contributed by atoms with Crippen molar-refractivity contribution in [2.45, 2.75) is 32.3 Å². The Morgan fingerprint density at radius 1 is 1.69 bits per heavy atom. The summed E-state index contributed by atoms with van der Waals surface area (Å²) in [6.07, 6.45) is 2.01. The van der Waals surface area contributed by atoms with E-state index in [4.69, 9.17) is 0 Å². The summed E-state index contributed by atoms with van der Waals surface area (Å²) < 4.78 is 1.00. The van der Waals surface area contributed by atoms with Crippen LogP contribution in [-0.4, -0.2) is 5.11 Å². The van der Waals surface area contributed by atoms with E-state index >= 15 is 0 Å². The molecule has 1 aliphatic rings. The largest absolute Gasteiger partial charge is 0.386 e. The van der Waals surface area contributed by atoms with Crippen molar-refractivity contribution >= 4 is 27.3 Å². The maximum atomic E-state index is 10.4. The van der Waals surface area contributed by atoms with Gasteiger partial charge < -0.3 is 5.11 Å². The summed E-state index contributed by atoms with van der Waals surface area (Å²) in [6.45, 7) is 2.15. The maximum Gasteiger partial charge on any atom is 0.107 e. The van der Waals surface area contributed by atoms with Gasteiger partial charge in [-0.1, -0.05) is 6.92 Å². The van der Waals surface area contributed by atoms with Gasteiger partial charge in [0.25, 0.3) is 0 Å². The van der Waals surface area contributed by atoms with Crippen molar-refractivity contribution in [1.82, 2.24) is 0 Å². The van der Waals surface area contributed by atoms with Gasteiger partial charge in [-0.2, -0.15) is 5.26 Å². The van der Waals surface area contributed by atoms with Crippen LogP contribution in [0.4, 0.5) is 0 Å². The van der Waals surface area contributed by atoms with Crippen LogP contribution in [0, 0.1) is 22.7 Å². The maximum absolute atomic E-state index is 10.4. The Morgan fingerprint density at radius 3 is 2.88 bits per heavy atom. The van der Waals surface area contributed by atoms with Crippen molar-refractivity contribution in [1.29, 1.82) is 5.26 Å². The molecule has 0 saturated heterocycles. The van der Waals surface area contributed by atoms with E-state index in [9.17, 15) is 10.4 Å². The van der Waals surface area contributed by atoms with Crippen LogP contribution in [0.3, 0.4) is 0 Å². The van der Waals surface area contributed by atoms with Crippen LogP contribution in [-0.2, 0) is 0 Å². The molecule has 0 bridgehead atoms. The van der Waals surface area contributed by atoms with Crippen molar-refractivity contribution in [3.05, 3.63) is 20.8 Å². The van der Waals surface area contributed by atoms with E-state index < -0.39 is 11.5 Å². The van der Waals surface area contributed by atoms with Crippen molar-refractivity contribution in [3.8, 4) is 6.07 Å². The first-order chi connectivity index (χ1) is 7.57. The lowest BCUT2D eigenvalue weighted by Crippen LogP contribution is -2.23. The van der Waals surface area contributed by atoms with E-state index in [1.807, 2.05) is 12.1 Å². The summed E-state index contributed by atoms with van der Waals surface area (Å²) in [6, 6.07) is 6.18. The van der Waals surface area contributed by atoms with Crippen molar-refractivity contribution in [2.75, 3.05) is 0 Å². The zero-order chi connectivity index (χ0) is 11.8. The fraction of sp³-hybridized carbons (Fsp3) is 0.583. The van der Waals surface area contributed by atoms with Crippen LogP contribution in [0.15, 0.2) is 15.9 Å². The van der Waals surface area contributed by atoms with Crippen LogP contribution in [0.25, 0.3) is 0 Å². The van der Waals surface area contributed by atoms with E-state index in [2.05, 4.69) is 28.9 Å². The molecule has 1 N–H and O–H groups in total. The number of halogens is 1. The van der Waals surface area contributed by atoms with Gasteiger partial charge in [0.1, 0.15) is 6.10 Å². The average Bonchev–Trinajstić information content (AvgIpc) is 2.85. The SMILES string of the molecule is CC1CCC(C#N)(C(O)c2ccc(Br)s2)C1. The Morgan fingerprint density at radius 2 is 2.44 bits per heavy atom. The first-order valence-corrected chi connectivity index (χ1v) is 7.03. The molecule has 1 aromatic rings. The van der Waals surface area contributed by atoms with Gasteiger partial charge in [0, 0.05) is 4.88 Å². The Kier molecular flexibility index (Phi) is 3.39. The quantitative estimate of drug-likeness (QED) is 0.901. The minimum Gasteiger partial charge on any atom is -0.386 e. The van der Waals surface area contributed by atoms with Crippen LogP contribution in [0.2, 0.25) is 0 Å². The molecule has 1 saturated carbocycles. The zero-order valence-electron chi connectivity index (χ0n) is 9.11. The molecule has 0 radical (unpaired) electrons. The normalized spacial score (nSPS) is 31.2. The van der Waals surface area contributed by atoms with Crippen molar-refractivity contribution < 1.29 is 5.11 Å². The van der Waals surface area contributed by atoms with Gasteiger partial charge in [0.05, 0.1) is 15.3 Å². The molecule has 0 spiro atoms. The Balaban J connectivity index is 2.26. The molecule has 0 aliphatic heterocycles. The van der Waals surface area contributed by atoms with E-state index in [-0.39, 0.29) is 0 Å². The predicted octanol–water partition coefficient (Wildman–Crippen LogP) is 3.87. The Hall–Kier alpha value is -0.370. The second-order valence-electron chi connectivity index (χ2n) is 4.66. The van der Waals surface area contributed by atoms with E-state index in [1.165, 1.54) is 11.3 Å². The lowest BCUT2D eigenvalue weighted by atomic mass is 9.80. The third-order valence-corrected chi connectivity index (χ3v) is 5.08. The molecular formula is C12H14BrNOS. The van der Waals surface area contributed by atoms with Crippen LogP contribution >= 0.6 is 27.3 Å². The highest BCUT2D eigenvalue weighted by Gasteiger charge is 2.44. The van der Waals surface area contributed by atoms with Gasteiger partial charge in [-0.15, -0.1) is 11.3 Å². The summed E-state index contributed by atoms with van der Waals surface area (Å²) in [7, 11) is 0. The highest BCUT2D eigenvalue weighted by molar-refractivity contribution is 9.11. The molecule has 1 aliphatic carbocycles. The highest BCUT2D eigenvalue weighted by atomic mass is 79.9. The highest BCUT2D eigenvalue weighted by Crippen LogP contribution is 2.50. The molecule has 0 aromatic carbocycles. The second kappa shape index (κ2) is 4.48. The lowest BCUT2D eigenvalue weighted by Gasteiger charge is -2.26. The summed E-state index contributed by atoms with van der Waals surface area (Å²) in [5.74, 6) is 0.540. The standard InChI is InChI=1S/C12H14BrNOS/c1-8-4-5-12(6-8,7-14)11(15)9-2-3-10(13)16-9/h2-3,8,11,15H,4-6H2,1H3. The number of aliphatic hydroxyl groups excluding tert-OH is 1. The summed E-state index contributed by atoms with van der Waals surface area (Å²) in [5, 5.41) is 19.7. The number of hydrogen-bond donors (Lipinski definition) is 1. The van der Waals surface area contributed by atoms with Crippen molar-refractivity contribution in [3.63, 3.8) is 0 Å². The van der Waals surface area contributed by atoms with Gasteiger partial charge in [0.2, 0.25) is 0 Å². The van der Waals surface area contributed by atoms with E-state index in [0.29, 0.717) is 5.92 Å². The number of nitriles is 1. The van der Waals surface area contributed by atoms with Gasteiger partial charge in [-0.05, 0) is 53.2 Å². The number of hydrogen-bond acceptors (Lipinski definition) is 3. The minimum absolute atomic E-state index is 0.540. The van der Waals surface area contributed by atoms with Crippen LogP contribution in [0.5, 0.6) is 0 Å². The van der Waals surface area contributed by atoms with E-state index in [1.54, 1.807) is 0 Å². The molecule has 1 heterocycles. The van der Waals surface area contributed by atoms with Gasteiger partial charge in [-0.25, -0.2) is 0 Å². The number of aliphatic hydroxyl groups is 1. The lowest BCUT2D eigenvalue weighted by molar-refractivity contribution is 0.0678. The number of rotatable bonds is 2. The molecule has 2 nitrogen and oxygen atoms in total. The Bertz CT molecular complexity index is 425. The molecule has 3 atom stereocenters. The third-order valence-electron chi connectivity index (χ3n) is 3.41. The summed E-state index contributed by atoms with van der Waals surface area (Å²) >= 11 is 4.90. The van der Waals surface area contributed by atoms with Gasteiger partial charge >= 0.3 is 0 Å². The molecule has 1 aromatic heterocycles. The molecule has 4 heteroatoms. The zero-order valence-corrected chi connectivity index (χ0v) is 11.5. The fourth-order valence-corrected chi connectivity index (χ4v) is 4.02. The Labute approximate surface area is 108 Å². The number of nitrogens with zero attached hydrogens (tertiary/aromatic N) is 1. The summed E-state index contributed by atoms with van der Waals surface area (Å²) in [4.78, 5) is 0.891. The minimum atomic E-state index is -0.640. The van der Waals surface area contributed by atoms with Gasteiger partial charge in [-0.3, -0.25) is 0 Å². The topological polar surface area (TPSA) is 44.0 Å². The predicted molar refractivity (Wildman–Crippen MR) is 68.0 cm³/mol. The first kappa shape index (κ1) is 12.1. The smallest absolute Gasteiger partial charge is 0.107 e. The first-order valence-electron chi connectivity index (χ1n) is 5.42. The molecule has 3 unspecified atom stereocenters. The molecule has 0 amide bonds. The average molecular weight is 300 g/mol. The van der Waals surface area contributed by atoms with E-state index in [0.717, 1.165) is 27.9 Å². The fourth-order valence-electron chi connectivity index (χ4n) is 2.49. The third kappa shape index (κ3) is 2.04. The van der Waals surface area contributed by atoms with Crippen molar-refractivity contribution in [2.24, 2.45) is 11.3 Å². The molecule has 16 heavy (non-hydrogen) atoms. The van der Waals surface area contributed by atoms with Crippen LogP contribution in [0.1, 0.15) is 37.2 Å². The number of thiophene rings is 1. The summed E-state index contributed by atoms with van der Waals surface area (Å²) in [5.41, 5.74) is -0.566. The molecule has 1 fully saturated rings. The van der Waals surface area contributed by atoms with Crippen LogP contribution < -0.4 is 0 Å². The second-order valence-corrected chi connectivity index (χ2v) is 7.15. The molecule has 2 rings (SSSR count). The monoisotopic (exact) mass is 299 g/mol. The molecule has 86 valence electrons.